The Morgan fingerprint density at radius 3 is 2.48 bits per heavy atom. The molecule has 0 saturated heterocycles. The van der Waals surface area contributed by atoms with Crippen molar-refractivity contribution in [3.63, 3.8) is 0 Å². The zero-order valence-corrected chi connectivity index (χ0v) is 16.7. The van der Waals surface area contributed by atoms with Crippen molar-refractivity contribution >= 4 is 11.7 Å². The average molecular weight is 393 g/mol. The van der Waals surface area contributed by atoms with Gasteiger partial charge in [-0.05, 0) is 49.2 Å². The summed E-state index contributed by atoms with van der Waals surface area (Å²) in [4.78, 5) is 11.7. The largest absolute Gasteiger partial charge is 0.508 e. The number of nitrogens with one attached hydrogen (secondary N) is 1. The number of hydrogen-bond acceptors (Lipinski definition) is 4. The number of aryl methyl sites for hydroxylation is 1. The maximum absolute atomic E-state index is 14.6. The number of hydrogen-bond donors (Lipinski definition) is 2. The van der Waals surface area contributed by atoms with Gasteiger partial charge < -0.3 is 15.2 Å². The number of benzene rings is 3. The number of phenolic OH excluding ortho intramolecular Hbond substituents is 1. The van der Waals surface area contributed by atoms with Gasteiger partial charge in [0, 0.05) is 23.4 Å². The lowest BCUT2D eigenvalue weighted by molar-refractivity contribution is -0.141. The van der Waals surface area contributed by atoms with Crippen molar-refractivity contribution in [1.29, 1.82) is 0 Å². The van der Waals surface area contributed by atoms with E-state index < -0.39 is 11.9 Å². The molecule has 0 saturated carbocycles. The number of rotatable bonds is 6. The predicted molar refractivity (Wildman–Crippen MR) is 112 cm³/mol. The van der Waals surface area contributed by atoms with Gasteiger partial charge >= 0.3 is 5.97 Å². The van der Waals surface area contributed by atoms with Crippen molar-refractivity contribution in [2.24, 2.45) is 0 Å². The molecule has 0 spiro atoms. The second-order valence-corrected chi connectivity index (χ2v) is 7.05. The molecule has 0 aliphatic heterocycles. The smallest absolute Gasteiger partial charge is 0.312 e. The first-order chi connectivity index (χ1) is 13.9. The number of anilines is 1. The average Bonchev–Trinajstić information content (AvgIpc) is 2.73. The van der Waals surface area contributed by atoms with Crippen LogP contribution >= 0.6 is 0 Å². The minimum Gasteiger partial charge on any atom is -0.508 e. The lowest BCUT2D eigenvalue weighted by Crippen LogP contribution is -2.11. The van der Waals surface area contributed by atoms with Gasteiger partial charge in [0.25, 0.3) is 0 Å². The van der Waals surface area contributed by atoms with Gasteiger partial charge in [-0.2, -0.15) is 0 Å². The summed E-state index contributed by atoms with van der Waals surface area (Å²) in [5.74, 6) is -1.05. The molecular formula is C24H24FNO3. The quantitative estimate of drug-likeness (QED) is 0.551. The highest BCUT2D eigenvalue weighted by Gasteiger charge is 2.17. The molecule has 150 valence electrons. The van der Waals surface area contributed by atoms with Crippen molar-refractivity contribution in [2.75, 3.05) is 12.4 Å². The van der Waals surface area contributed by atoms with Gasteiger partial charge in [-0.3, -0.25) is 4.79 Å². The van der Waals surface area contributed by atoms with Gasteiger partial charge in [-0.25, -0.2) is 4.39 Å². The Labute approximate surface area is 170 Å². The molecule has 0 radical (unpaired) electrons. The van der Waals surface area contributed by atoms with E-state index in [1.54, 1.807) is 25.1 Å². The predicted octanol–water partition coefficient (Wildman–Crippen LogP) is 5.40. The number of halogens is 1. The van der Waals surface area contributed by atoms with Crippen molar-refractivity contribution in [3.05, 3.63) is 83.2 Å². The first kappa shape index (κ1) is 20.4. The Kier molecular flexibility index (Phi) is 6.17. The first-order valence-electron chi connectivity index (χ1n) is 9.39. The SMILES string of the molecule is COC(=O)C(C)c1ccc(-c2ccc(NCc3cc(C)ccc3O)cc2)c(F)c1. The van der Waals surface area contributed by atoms with Crippen LogP contribution < -0.4 is 5.32 Å². The molecule has 3 aromatic carbocycles. The van der Waals surface area contributed by atoms with Gasteiger partial charge in [-0.1, -0.05) is 42.0 Å². The molecule has 0 aliphatic rings. The highest BCUT2D eigenvalue weighted by molar-refractivity contribution is 5.78. The van der Waals surface area contributed by atoms with Crippen LogP contribution in [0.5, 0.6) is 5.75 Å². The van der Waals surface area contributed by atoms with Crippen LogP contribution in [0.1, 0.15) is 29.5 Å². The zero-order chi connectivity index (χ0) is 21.0. The van der Waals surface area contributed by atoms with Gasteiger partial charge in [0.15, 0.2) is 0 Å². The van der Waals surface area contributed by atoms with Crippen LogP contribution in [0.25, 0.3) is 11.1 Å². The second-order valence-electron chi connectivity index (χ2n) is 7.05. The van der Waals surface area contributed by atoms with E-state index in [9.17, 15) is 14.3 Å². The lowest BCUT2D eigenvalue weighted by Gasteiger charge is -2.12. The maximum atomic E-state index is 14.6. The van der Waals surface area contributed by atoms with E-state index in [1.165, 1.54) is 13.2 Å². The Bertz CT molecular complexity index is 1020. The molecule has 2 N–H and O–H groups in total. The summed E-state index contributed by atoms with van der Waals surface area (Å²) < 4.78 is 19.3. The fourth-order valence-corrected chi connectivity index (χ4v) is 3.17. The molecule has 5 heteroatoms. The molecule has 0 amide bonds. The Balaban J connectivity index is 1.73. The Hall–Kier alpha value is -3.34. The molecule has 4 nitrogen and oxygen atoms in total. The standard InChI is InChI=1S/C24H24FNO3/c1-15-4-11-23(27)19(12-15)14-26-20-8-5-17(6-9-20)21-10-7-18(13-22(21)25)16(2)24(28)29-3/h4-13,16,26-27H,14H2,1-3H3. The Morgan fingerprint density at radius 1 is 1.10 bits per heavy atom. The van der Waals surface area contributed by atoms with Crippen molar-refractivity contribution in [3.8, 4) is 16.9 Å². The van der Waals surface area contributed by atoms with Crippen LogP contribution in [-0.2, 0) is 16.1 Å². The summed E-state index contributed by atoms with van der Waals surface area (Å²) in [6.07, 6.45) is 0. The first-order valence-corrected chi connectivity index (χ1v) is 9.39. The zero-order valence-electron chi connectivity index (χ0n) is 16.7. The molecular weight excluding hydrogens is 369 g/mol. The highest BCUT2D eigenvalue weighted by atomic mass is 19.1. The van der Waals surface area contributed by atoms with Crippen LogP contribution in [0.3, 0.4) is 0 Å². The third-order valence-corrected chi connectivity index (χ3v) is 4.96. The molecule has 1 unspecified atom stereocenters. The number of carbonyl (C=O) groups excluding carboxylic acids is 1. The van der Waals surface area contributed by atoms with E-state index in [4.69, 9.17) is 4.74 Å². The van der Waals surface area contributed by atoms with Crippen LogP contribution in [-0.4, -0.2) is 18.2 Å². The molecule has 29 heavy (non-hydrogen) atoms. The third-order valence-electron chi connectivity index (χ3n) is 4.96. The fourth-order valence-electron chi connectivity index (χ4n) is 3.17. The van der Waals surface area contributed by atoms with E-state index in [0.717, 1.165) is 22.4 Å². The topological polar surface area (TPSA) is 58.6 Å². The van der Waals surface area contributed by atoms with Gasteiger partial charge in [0.2, 0.25) is 0 Å². The number of ether oxygens (including phenoxy) is 1. The van der Waals surface area contributed by atoms with E-state index in [2.05, 4.69) is 5.32 Å². The normalized spacial score (nSPS) is 11.7. The molecule has 0 aromatic heterocycles. The maximum Gasteiger partial charge on any atom is 0.312 e. The minimum atomic E-state index is -0.520. The number of esters is 1. The fraction of sp³-hybridized carbons (Fsp3) is 0.208. The summed E-state index contributed by atoms with van der Waals surface area (Å²) in [6, 6.07) is 17.7. The van der Waals surface area contributed by atoms with Crippen molar-refractivity contribution in [2.45, 2.75) is 26.3 Å². The number of aromatic hydroxyl groups is 1. The molecule has 3 rings (SSSR count). The summed E-state index contributed by atoms with van der Waals surface area (Å²) in [5.41, 5.74) is 4.54. The van der Waals surface area contributed by atoms with Gasteiger partial charge in [-0.15, -0.1) is 0 Å². The number of phenols is 1. The lowest BCUT2D eigenvalue weighted by atomic mass is 9.97. The van der Waals surface area contributed by atoms with Crippen LogP contribution in [0.15, 0.2) is 60.7 Å². The molecule has 0 heterocycles. The number of methoxy groups -OCH3 is 1. The van der Waals surface area contributed by atoms with Crippen LogP contribution in [0, 0.1) is 12.7 Å². The molecule has 0 aliphatic carbocycles. The van der Waals surface area contributed by atoms with Crippen molar-refractivity contribution < 1.29 is 19.0 Å². The van der Waals surface area contributed by atoms with E-state index in [0.29, 0.717) is 17.7 Å². The van der Waals surface area contributed by atoms with E-state index in [-0.39, 0.29) is 11.6 Å². The summed E-state index contributed by atoms with van der Waals surface area (Å²) in [5, 5.41) is 13.2. The molecule has 0 bridgehead atoms. The number of carbonyl (C=O) groups is 1. The van der Waals surface area contributed by atoms with Crippen LogP contribution in [0.2, 0.25) is 0 Å². The molecule has 3 aromatic rings. The second kappa shape index (κ2) is 8.78. The summed E-state index contributed by atoms with van der Waals surface area (Å²) in [7, 11) is 1.32. The molecule has 0 fully saturated rings. The van der Waals surface area contributed by atoms with Gasteiger partial charge in [0.1, 0.15) is 11.6 Å². The van der Waals surface area contributed by atoms with E-state index >= 15 is 0 Å². The van der Waals surface area contributed by atoms with Gasteiger partial charge in [0.05, 0.1) is 13.0 Å². The van der Waals surface area contributed by atoms with Crippen molar-refractivity contribution in [1.82, 2.24) is 0 Å². The minimum absolute atomic E-state index is 0.253. The van der Waals surface area contributed by atoms with Crippen LogP contribution in [0.4, 0.5) is 10.1 Å². The molecule has 1 atom stereocenters. The van der Waals surface area contributed by atoms with E-state index in [1.807, 2.05) is 43.3 Å². The monoisotopic (exact) mass is 393 g/mol. The Morgan fingerprint density at radius 2 is 1.83 bits per heavy atom. The summed E-state index contributed by atoms with van der Waals surface area (Å²) >= 11 is 0. The third kappa shape index (κ3) is 4.74. The summed E-state index contributed by atoms with van der Waals surface area (Å²) in [6.45, 7) is 4.15. The highest BCUT2D eigenvalue weighted by Crippen LogP contribution is 2.28.